The minimum Gasteiger partial charge on any atom is -0.724 e. The summed E-state index contributed by atoms with van der Waals surface area (Å²) in [7, 11) is -5.07. The number of carbonyl (C=O) groups is 3. The summed E-state index contributed by atoms with van der Waals surface area (Å²) in [5.41, 5.74) is 4.24. The van der Waals surface area contributed by atoms with E-state index in [-0.39, 0.29) is 19.4 Å². The first kappa shape index (κ1) is 34.1. The predicted octanol–water partition coefficient (Wildman–Crippen LogP) is 2.82. The van der Waals surface area contributed by atoms with Crippen LogP contribution in [0.25, 0.3) is 0 Å². The molecule has 0 aromatic carbocycles. The minimum absolute atomic E-state index is 0.0620. The number of urea groups is 1. The summed E-state index contributed by atoms with van der Waals surface area (Å²) >= 11 is 0. The fourth-order valence-corrected chi connectivity index (χ4v) is 5.36. The van der Waals surface area contributed by atoms with Crippen molar-refractivity contribution in [1.82, 2.24) is 20.8 Å². The number of nitrogens with one attached hydrogen (secondary N) is 2. The van der Waals surface area contributed by atoms with E-state index in [1.807, 2.05) is 0 Å². The van der Waals surface area contributed by atoms with Gasteiger partial charge in [-0.05, 0) is 38.5 Å². The molecule has 0 saturated carbocycles. The number of fused-ring (bicyclic) bond motifs is 2. The molecule has 0 radical (unpaired) electrons. The standard InChI is InChI=1S/C16H36N.C9H14N4O7S/c1-5-9-13-17(14-10-6-2,15-11-7-3)16-12-8-4;1-5(14)10-11-8(15)7-3-2-6-4-12(7)9(16)13(6)20-21(17,18)19/h5-16H2,1-4H3;6-7H,2-4H2,1H3,(H,10,14)(H,11,15)(H,17,18,19)/q+1;/p-1/t;6-,7+/m.1/s1. The van der Waals surface area contributed by atoms with E-state index >= 15 is 0 Å². The highest BCUT2D eigenvalue weighted by molar-refractivity contribution is 7.80. The molecule has 2 heterocycles. The summed E-state index contributed by atoms with van der Waals surface area (Å²) in [6, 6.07) is -2.35. The molecule has 12 nitrogen and oxygen atoms in total. The van der Waals surface area contributed by atoms with Gasteiger partial charge in [-0.15, -0.1) is 0 Å². The lowest BCUT2D eigenvalue weighted by Crippen LogP contribution is -2.53. The van der Waals surface area contributed by atoms with Gasteiger partial charge in [-0.25, -0.2) is 13.2 Å². The van der Waals surface area contributed by atoms with Crippen LogP contribution in [0.1, 0.15) is 98.8 Å². The average Bonchev–Trinajstić information content (AvgIpc) is 3.10. The third-order valence-electron chi connectivity index (χ3n) is 7.10. The van der Waals surface area contributed by atoms with Gasteiger partial charge in [-0.3, -0.25) is 20.4 Å². The van der Waals surface area contributed by atoms with Crippen LogP contribution in [0.2, 0.25) is 0 Å². The van der Waals surface area contributed by atoms with E-state index < -0.39 is 40.3 Å². The first-order chi connectivity index (χ1) is 17.9. The molecule has 13 heteroatoms. The summed E-state index contributed by atoms with van der Waals surface area (Å²) in [4.78, 5) is 35.7. The molecule has 2 N–H and O–H groups in total. The van der Waals surface area contributed by atoms with Crippen LogP contribution < -0.4 is 10.9 Å². The van der Waals surface area contributed by atoms with E-state index in [0.717, 1.165) is 4.90 Å². The highest BCUT2D eigenvalue weighted by Gasteiger charge is 2.48. The van der Waals surface area contributed by atoms with Crippen LogP contribution in [-0.4, -0.2) is 90.1 Å². The van der Waals surface area contributed by atoms with Crippen LogP contribution in [0.4, 0.5) is 4.79 Å². The second-order valence-electron chi connectivity index (χ2n) is 10.3. The Bertz CT molecular complexity index is 818. The van der Waals surface area contributed by atoms with Crippen LogP contribution >= 0.6 is 0 Å². The maximum absolute atomic E-state index is 12.0. The third-order valence-corrected chi connectivity index (χ3v) is 7.45. The number of quaternary nitrogens is 1. The van der Waals surface area contributed by atoms with Gasteiger partial charge >= 0.3 is 6.03 Å². The Hall–Kier alpha value is -1.96. The molecular formula is C25H49N5O7S. The maximum atomic E-state index is 12.0. The second kappa shape index (κ2) is 16.9. The van der Waals surface area contributed by atoms with Gasteiger partial charge in [0.05, 0.1) is 32.2 Å². The van der Waals surface area contributed by atoms with E-state index in [1.54, 1.807) is 0 Å². The molecule has 2 atom stereocenters. The Balaban J connectivity index is 0.000000391. The number of hydrazine groups is 1. The Morgan fingerprint density at radius 3 is 1.79 bits per heavy atom. The topological polar surface area (TPSA) is 148 Å². The summed E-state index contributed by atoms with van der Waals surface area (Å²) < 4.78 is 37.3. The number of rotatable bonds is 15. The largest absolute Gasteiger partial charge is 0.724 e. The van der Waals surface area contributed by atoms with Crippen molar-refractivity contribution in [2.45, 2.75) is 111 Å². The van der Waals surface area contributed by atoms with Crippen molar-refractivity contribution < 1.29 is 36.1 Å². The molecule has 4 amide bonds. The van der Waals surface area contributed by atoms with Crippen molar-refractivity contribution >= 4 is 28.2 Å². The van der Waals surface area contributed by atoms with Crippen LogP contribution in [0, 0.1) is 0 Å². The highest BCUT2D eigenvalue weighted by Crippen LogP contribution is 2.30. The number of amides is 4. The molecular weight excluding hydrogens is 514 g/mol. The monoisotopic (exact) mass is 563 g/mol. The molecule has 38 heavy (non-hydrogen) atoms. The van der Waals surface area contributed by atoms with Crippen LogP contribution in [0.5, 0.6) is 0 Å². The van der Waals surface area contributed by atoms with E-state index in [0.29, 0.717) is 5.06 Å². The van der Waals surface area contributed by atoms with Gasteiger partial charge in [0.15, 0.2) is 0 Å². The maximum Gasteiger partial charge on any atom is 0.346 e. The van der Waals surface area contributed by atoms with Gasteiger partial charge in [0, 0.05) is 13.5 Å². The first-order valence-electron chi connectivity index (χ1n) is 14.1. The normalized spacial score (nSPS) is 19.2. The molecule has 2 saturated heterocycles. The molecule has 2 aliphatic heterocycles. The third kappa shape index (κ3) is 11.4. The highest BCUT2D eigenvalue weighted by atomic mass is 32.3. The lowest BCUT2D eigenvalue weighted by Gasteiger charge is -2.39. The summed E-state index contributed by atoms with van der Waals surface area (Å²) in [6.07, 6.45) is 11.6. The molecule has 2 aliphatic rings. The number of unbranched alkanes of at least 4 members (excludes halogenated alkanes) is 4. The van der Waals surface area contributed by atoms with Crippen LogP contribution in [0.3, 0.4) is 0 Å². The lowest BCUT2D eigenvalue weighted by molar-refractivity contribution is -0.929. The fourth-order valence-electron chi connectivity index (χ4n) is 4.98. The van der Waals surface area contributed by atoms with E-state index in [2.05, 4.69) is 42.8 Å². The number of nitrogens with zero attached hydrogens (tertiary/aromatic N) is 3. The van der Waals surface area contributed by atoms with Gasteiger partial charge < -0.3 is 13.9 Å². The minimum atomic E-state index is -5.07. The lowest BCUT2D eigenvalue weighted by atomic mass is 10.0. The van der Waals surface area contributed by atoms with E-state index in [1.165, 1.54) is 89.0 Å². The molecule has 0 spiro atoms. The Morgan fingerprint density at radius 2 is 1.39 bits per heavy atom. The Kier molecular flexibility index (Phi) is 15.1. The van der Waals surface area contributed by atoms with Crippen molar-refractivity contribution in [2.75, 3.05) is 32.7 Å². The summed E-state index contributed by atoms with van der Waals surface area (Å²) in [5.74, 6) is -1.09. The molecule has 2 fully saturated rings. The van der Waals surface area contributed by atoms with Crippen LogP contribution in [0.15, 0.2) is 0 Å². The summed E-state index contributed by atoms with van der Waals surface area (Å²) in [6.45, 7) is 16.3. The van der Waals surface area contributed by atoms with Crippen molar-refractivity contribution in [3.63, 3.8) is 0 Å². The van der Waals surface area contributed by atoms with Gasteiger partial charge in [-0.1, -0.05) is 53.4 Å². The fraction of sp³-hybridized carbons (Fsp3) is 0.880. The Labute approximate surface area is 228 Å². The zero-order valence-corrected chi connectivity index (χ0v) is 24.7. The van der Waals surface area contributed by atoms with Gasteiger partial charge in [-0.2, -0.15) is 9.35 Å². The van der Waals surface area contributed by atoms with Crippen molar-refractivity contribution in [3.05, 3.63) is 0 Å². The number of hydroxylamine groups is 2. The molecule has 0 aliphatic carbocycles. The van der Waals surface area contributed by atoms with E-state index in [9.17, 15) is 27.4 Å². The molecule has 2 rings (SSSR count). The quantitative estimate of drug-likeness (QED) is 0.135. The van der Waals surface area contributed by atoms with Crippen molar-refractivity contribution in [3.8, 4) is 0 Å². The SMILES string of the molecule is CC(=O)NNC(=O)[C@@H]1CC[C@@H]2CN1C(=O)N2OS(=O)(=O)[O-].CCCC[N+](CCCC)(CCCC)CCCC. The number of carbonyl (C=O) groups excluding carboxylic acids is 3. The number of hydrogen-bond acceptors (Lipinski definition) is 7. The van der Waals surface area contributed by atoms with Gasteiger partial charge in [0.1, 0.15) is 6.04 Å². The molecule has 0 aromatic heterocycles. The zero-order valence-electron chi connectivity index (χ0n) is 23.9. The smallest absolute Gasteiger partial charge is 0.346 e. The number of piperidine rings is 1. The van der Waals surface area contributed by atoms with Gasteiger partial charge in [0.2, 0.25) is 16.3 Å². The molecule has 2 bridgehead atoms. The predicted molar refractivity (Wildman–Crippen MR) is 143 cm³/mol. The zero-order chi connectivity index (χ0) is 28.8. The average molecular weight is 564 g/mol. The summed E-state index contributed by atoms with van der Waals surface area (Å²) in [5, 5.41) is 0.480. The van der Waals surface area contributed by atoms with Gasteiger partial charge in [0.25, 0.3) is 5.91 Å². The number of hydrogen-bond donors (Lipinski definition) is 2. The molecule has 0 aromatic rings. The first-order valence-corrected chi connectivity index (χ1v) is 15.4. The molecule has 0 unspecified atom stereocenters. The second-order valence-corrected chi connectivity index (χ2v) is 11.3. The van der Waals surface area contributed by atoms with Crippen LogP contribution in [-0.2, 0) is 24.3 Å². The van der Waals surface area contributed by atoms with E-state index in [4.69, 9.17) is 0 Å². The van der Waals surface area contributed by atoms with Crippen molar-refractivity contribution in [2.24, 2.45) is 0 Å². The Morgan fingerprint density at radius 1 is 0.921 bits per heavy atom. The molecule has 222 valence electrons. The van der Waals surface area contributed by atoms with Crippen molar-refractivity contribution in [1.29, 1.82) is 0 Å².